The Hall–Kier alpha value is -1.39. The molecule has 1 heterocycles. The summed E-state index contributed by atoms with van der Waals surface area (Å²) in [5.74, 6) is 0.742. The maximum absolute atomic E-state index is 5.67. The highest BCUT2D eigenvalue weighted by molar-refractivity contribution is 9.10. The van der Waals surface area contributed by atoms with Gasteiger partial charge in [0.25, 0.3) is 0 Å². The molecule has 0 aliphatic heterocycles. The first kappa shape index (κ1) is 12.1. The van der Waals surface area contributed by atoms with Crippen LogP contribution in [0, 0.1) is 0 Å². The van der Waals surface area contributed by atoms with E-state index in [0.717, 1.165) is 21.3 Å². The molecule has 0 aliphatic carbocycles. The van der Waals surface area contributed by atoms with Gasteiger partial charge >= 0.3 is 0 Å². The molecule has 0 saturated heterocycles. The van der Waals surface area contributed by atoms with Gasteiger partial charge in [-0.05, 0) is 33.1 Å². The van der Waals surface area contributed by atoms with Crippen LogP contribution in [0.15, 0.2) is 47.2 Å². The standard InChI is InChI=1S/C13H13BrN2O/c14-12-5-13(8-16-7-12)17-9-11-4-2-1-3-10(11)6-15/h1-5,7-8H,6,9,15H2. The molecule has 17 heavy (non-hydrogen) atoms. The monoisotopic (exact) mass is 292 g/mol. The van der Waals surface area contributed by atoms with Gasteiger partial charge in [0.2, 0.25) is 0 Å². The van der Waals surface area contributed by atoms with Crippen molar-refractivity contribution >= 4 is 15.9 Å². The Morgan fingerprint density at radius 2 is 1.94 bits per heavy atom. The summed E-state index contributed by atoms with van der Waals surface area (Å²) >= 11 is 3.35. The number of hydrogen-bond acceptors (Lipinski definition) is 3. The Bertz CT molecular complexity index is 502. The van der Waals surface area contributed by atoms with Crippen LogP contribution in [-0.4, -0.2) is 4.98 Å². The van der Waals surface area contributed by atoms with Gasteiger partial charge in [-0.25, -0.2) is 0 Å². The molecule has 0 saturated carbocycles. The summed E-state index contributed by atoms with van der Waals surface area (Å²) in [6.07, 6.45) is 3.41. The molecule has 3 nitrogen and oxygen atoms in total. The van der Waals surface area contributed by atoms with Crippen molar-refractivity contribution in [2.75, 3.05) is 0 Å². The fourth-order valence-electron chi connectivity index (χ4n) is 1.53. The van der Waals surface area contributed by atoms with Crippen molar-refractivity contribution in [2.24, 2.45) is 5.73 Å². The van der Waals surface area contributed by atoms with E-state index in [9.17, 15) is 0 Å². The van der Waals surface area contributed by atoms with Crippen molar-refractivity contribution in [1.82, 2.24) is 4.98 Å². The maximum atomic E-state index is 5.67. The Labute approximate surface area is 109 Å². The number of rotatable bonds is 4. The maximum Gasteiger partial charge on any atom is 0.139 e. The number of pyridine rings is 1. The summed E-state index contributed by atoms with van der Waals surface area (Å²) in [5, 5.41) is 0. The minimum Gasteiger partial charge on any atom is -0.487 e. The van der Waals surface area contributed by atoms with E-state index in [-0.39, 0.29) is 0 Å². The SMILES string of the molecule is NCc1ccccc1COc1cncc(Br)c1. The number of nitrogens with two attached hydrogens (primary N) is 1. The summed E-state index contributed by atoms with van der Waals surface area (Å²) in [6, 6.07) is 9.88. The van der Waals surface area contributed by atoms with E-state index >= 15 is 0 Å². The number of nitrogens with zero attached hydrogens (tertiary/aromatic N) is 1. The summed E-state index contributed by atoms with van der Waals surface area (Å²) in [7, 11) is 0. The van der Waals surface area contributed by atoms with E-state index in [1.165, 1.54) is 0 Å². The molecule has 1 aromatic heterocycles. The lowest BCUT2D eigenvalue weighted by molar-refractivity contribution is 0.303. The minimum absolute atomic E-state index is 0.505. The van der Waals surface area contributed by atoms with Crippen LogP contribution >= 0.6 is 15.9 Å². The van der Waals surface area contributed by atoms with Crippen LogP contribution in [0.3, 0.4) is 0 Å². The number of halogens is 1. The Morgan fingerprint density at radius 3 is 2.65 bits per heavy atom. The van der Waals surface area contributed by atoms with Crippen molar-refractivity contribution in [3.63, 3.8) is 0 Å². The Morgan fingerprint density at radius 1 is 1.18 bits per heavy atom. The van der Waals surface area contributed by atoms with Crippen molar-refractivity contribution < 1.29 is 4.74 Å². The van der Waals surface area contributed by atoms with Gasteiger partial charge in [-0.1, -0.05) is 24.3 Å². The van der Waals surface area contributed by atoms with Crippen LogP contribution in [0.25, 0.3) is 0 Å². The summed E-state index contributed by atoms with van der Waals surface area (Å²) in [5.41, 5.74) is 7.88. The predicted molar refractivity (Wildman–Crippen MR) is 70.6 cm³/mol. The van der Waals surface area contributed by atoms with Crippen molar-refractivity contribution in [1.29, 1.82) is 0 Å². The molecule has 0 aliphatic rings. The highest BCUT2D eigenvalue weighted by Crippen LogP contribution is 2.18. The first-order valence-electron chi connectivity index (χ1n) is 5.30. The molecule has 2 rings (SSSR count). The highest BCUT2D eigenvalue weighted by atomic mass is 79.9. The molecule has 0 atom stereocenters. The van der Waals surface area contributed by atoms with Gasteiger partial charge in [0, 0.05) is 17.2 Å². The quantitative estimate of drug-likeness (QED) is 0.943. The zero-order valence-corrected chi connectivity index (χ0v) is 10.9. The lowest BCUT2D eigenvalue weighted by atomic mass is 10.1. The van der Waals surface area contributed by atoms with Gasteiger partial charge in [0.15, 0.2) is 0 Å². The second kappa shape index (κ2) is 5.80. The fourth-order valence-corrected chi connectivity index (χ4v) is 1.87. The molecule has 0 spiro atoms. The van der Waals surface area contributed by atoms with E-state index in [0.29, 0.717) is 13.2 Å². The highest BCUT2D eigenvalue weighted by Gasteiger charge is 2.01. The van der Waals surface area contributed by atoms with Crippen LogP contribution in [0.1, 0.15) is 11.1 Å². The lowest BCUT2D eigenvalue weighted by Gasteiger charge is -2.09. The lowest BCUT2D eigenvalue weighted by Crippen LogP contribution is -2.04. The molecule has 1 aromatic carbocycles. The second-order valence-corrected chi connectivity index (χ2v) is 4.52. The van der Waals surface area contributed by atoms with Crippen LogP contribution in [0.4, 0.5) is 0 Å². The largest absolute Gasteiger partial charge is 0.487 e. The summed E-state index contributed by atoms with van der Waals surface area (Å²) in [6.45, 7) is 1.03. The molecular weight excluding hydrogens is 280 g/mol. The number of hydrogen-bond donors (Lipinski definition) is 1. The van der Waals surface area contributed by atoms with Gasteiger partial charge in [-0.15, -0.1) is 0 Å². The van der Waals surface area contributed by atoms with Crippen molar-refractivity contribution in [3.05, 3.63) is 58.3 Å². The third kappa shape index (κ3) is 3.28. The first-order chi connectivity index (χ1) is 8.29. The second-order valence-electron chi connectivity index (χ2n) is 3.60. The molecular formula is C13H13BrN2O. The molecule has 4 heteroatoms. The van der Waals surface area contributed by atoms with E-state index < -0.39 is 0 Å². The fraction of sp³-hybridized carbons (Fsp3) is 0.154. The molecule has 88 valence electrons. The zero-order valence-electron chi connectivity index (χ0n) is 9.27. The van der Waals surface area contributed by atoms with E-state index in [1.54, 1.807) is 12.4 Å². The Kier molecular flexibility index (Phi) is 4.12. The van der Waals surface area contributed by atoms with Gasteiger partial charge in [0.05, 0.1) is 6.20 Å². The van der Waals surface area contributed by atoms with E-state index in [4.69, 9.17) is 10.5 Å². The molecule has 0 radical (unpaired) electrons. The van der Waals surface area contributed by atoms with Gasteiger partial charge in [-0.2, -0.15) is 0 Å². The molecule has 0 unspecified atom stereocenters. The molecule has 2 aromatic rings. The van der Waals surface area contributed by atoms with Gasteiger partial charge in [0.1, 0.15) is 12.4 Å². The third-order valence-electron chi connectivity index (χ3n) is 2.41. The molecule has 2 N–H and O–H groups in total. The van der Waals surface area contributed by atoms with Crippen molar-refractivity contribution in [3.8, 4) is 5.75 Å². The summed E-state index contributed by atoms with van der Waals surface area (Å²) in [4.78, 5) is 4.04. The minimum atomic E-state index is 0.505. The van der Waals surface area contributed by atoms with E-state index in [1.807, 2.05) is 30.3 Å². The first-order valence-corrected chi connectivity index (χ1v) is 6.09. The number of aromatic nitrogens is 1. The predicted octanol–water partition coefficient (Wildman–Crippen LogP) is 2.88. The number of benzene rings is 1. The van der Waals surface area contributed by atoms with Crippen LogP contribution in [-0.2, 0) is 13.2 Å². The van der Waals surface area contributed by atoms with Crippen LogP contribution in [0.5, 0.6) is 5.75 Å². The molecule has 0 fully saturated rings. The normalized spacial score (nSPS) is 10.2. The average molecular weight is 293 g/mol. The smallest absolute Gasteiger partial charge is 0.139 e. The average Bonchev–Trinajstić information content (AvgIpc) is 2.37. The number of ether oxygens (including phenoxy) is 1. The third-order valence-corrected chi connectivity index (χ3v) is 2.85. The molecule has 0 bridgehead atoms. The van der Waals surface area contributed by atoms with Gasteiger partial charge < -0.3 is 10.5 Å². The molecule has 0 amide bonds. The van der Waals surface area contributed by atoms with Crippen LogP contribution < -0.4 is 10.5 Å². The Balaban J connectivity index is 2.07. The summed E-state index contributed by atoms with van der Waals surface area (Å²) < 4.78 is 6.57. The van der Waals surface area contributed by atoms with Crippen molar-refractivity contribution in [2.45, 2.75) is 13.2 Å². The zero-order chi connectivity index (χ0) is 12.1. The topological polar surface area (TPSA) is 48.1 Å². The van der Waals surface area contributed by atoms with Gasteiger partial charge in [-0.3, -0.25) is 4.98 Å². The van der Waals surface area contributed by atoms with Crippen LogP contribution in [0.2, 0.25) is 0 Å². The van der Waals surface area contributed by atoms with E-state index in [2.05, 4.69) is 20.9 Å².